The van der Waals surface area contributed by atoms with Crippen molar-refractivity contribution in [3.8, 4) is 0 Å². The molecule has 6 rings (SSSR count). The maximum atomic E-state index is 14.0. The largest absolute Gasteiger partial charge is 0.341 e. The van der Waals surface area contributed by atoms with Gasteiger partial charge in [0.15, 0.2) is 11.5 Å². The van der Waals surface area contributed by atoms with E-state index in [0.29, 0.717) is 23.1 Å². The third-order valence-corrected chi connectivity index (χ3v) is 7.83. The van der Waals surface area contributed by atoms with E-state index in [9.17, 15) is 19.2 Å². The SMILES string of the molecule is CCn1c2ccc(C(=O)C(=NOC(C)=O)C(=O)c3cccc4ccccc34)cc2c2cc(C(=O)c3ccccc3C)ccc21. The number of aromatic nitrogens is 1. The molecule has 1 aromatic heterocycles. The van der Waals surface area contributed by atoms with Gasteiger partial charge in [0.2, 0.25) is 11.6 Å². The third kappa shape index (κ3) is 4.98. The smallest absolute Gasteiger partial charge is 0.332 e. The lowest BCUT2D eigenvalue weighted by Gasteiger charge is -2.08. The van der Waals surface area contributed by atoms with E-state index in [4.69, 9.17) is 4.84 Å². The van der Waals surface area contributed by atoms with Gasteiger partial charge in [-0.1, -0.05) is 71.9 Å². The van der Waals surface area contributed by atoms with E-state index in [0.717, 1.165) is 39.7 Å². The molecule has 1 heterocycles. The minimum Gasteiger partial charge on any atom is -0.341 e. The summed E-state index contributed by atoms with van der Waals surface area (Å²) in [4.78, 5) is 57.7. The van der Waals surface area contributed by atoms with E-state index in [1.165, 1.54) is 0 Å². The first-order valence-electron chi connectivity index (χ1n) is 14.3. The quantitative estimate of drug-likeness (QED) is 0.0611. The van der Waals surface area contributed by atoms with Crippen molar-refractivity contribution in [3.63, 3.8) is 0 Å². The molecule has 7 heteroatoms. The van der Waals surface area contributed by atoms with E-state index in [-0.39, 0.29) is 16.9 Å². The highest BCUT2D eigenvalue weighted by atomic mass is 16.7. The molecular weight excluding hydrogens is 552 g/mol. The Kier molecular flexibility index (Phi) is 7.45. The summed E-state index contributed by atoms with van der Waals surface area (Å²) in [5.41, 5.74) is 3.78. The molecule has 0 radical (unpaired) electrons. The minimum absolute atomic E-state index is 0.0916. The number of ketones is 3. The average Bonchev–Trinajstić information content (AvgIpc) is 3.36. The third-order valence-electron chi connectivity index (χ3n) is 7.83. The van der Waals surface area contributed by atoms with Crippen molar-refractivity contribution in [1.29, 1.82) is 0 Å². The number of rotatable bonds is 8. The summed E-state index contributed by atoms with van der Waals surface area (Å²) in [6.45, 7) is 5.74. The van der Waals surface area contributed by atoms with E-state index in [1.54, 1.807) is 36.4 Å². The van der Waals surface area contributed by atoms with Crippen LogP contribution in [0.1, 0.15) is 56.0 Å². The first kappa shape index (κ1) is 28.4. The zero-order valence-electron chi connectivity index (χ0n) is 24.5. The van der Waals surface area contributed by atoms with Gasteiger partial charge in [0.1, 0.15) is 0 Å². The molecule has 7 nitrogen and oxygen atoms in total. The summed E-state index contributed by atoms with van der Waals surface area (Å²) >= 11 is 0. The van der Waals surface area contributed by atoms with Gasteiger partial charge in [-0.15, -0.1) is 0 Å². The number of oxime groups is 1. The fourth-order valence-electron chi connectivity index (χ4n) is 5.69. The first-order valence-corrected chi connectivity index (χ1v) is 14.3. The van der Waals surface area contributed by atoms with E-state index < -0.39 is 23.2 Å². The molecule has 0 unspecified atom stereocenters. The van der Waals surface area contributed by atoms with E-state index >= 15 is 0 Å². The topological polar surface area (TPSA) is 94.8 Å². The van der Waals surface area contributed by atoms with Gasteiger partial charge in [-0.05, 0) is 66.6 Å². The number of benzene rings is 5. The van der Waals surface area contributed by atoms with Crippen molar-refractivity contribution in [2.45, 2.75) is 27.3 Å². The van der Waals surface area contributed by atoms with Crippen LogP contribution >= 0.6 is 0 Å². The van der Waals surface area contributed by atoms with Crippen molar-refractivity contribution in [2.24, 2.45) is 5.16 Å². The number of hydrogen-bond donors (Lipinski definition) is 0. The lowest BCUT2D eigenvalue weighted by molar-refractivity contribution is -0.140. The molecule has 0 spiro atoms. The van der Waals surface area contributed by atoms with Crippen LogP contribution in [0.15, 0.2) is 108 Å². The Morgan fingerprint density at radius 3 is 2.00 bits per heavy atom. The fraction of sp³-hybridized carbons (Fsp3) is 0.108. The number of nitrogens with zero attached hydrogens (tertiary/aromatic N) is 2. The molecule has 0 amide bonds. The lowest BCUT2D eigenvalue weighted by Crippen LogP contribution is -2.25. The molecule has 0 N–H and O–H groups in total. The van der Waals surface area contributed by atoms with Crippen LogP contribution in [0.5, 0.6) is 0 Å². The van der Waals surface area contributed by atoms with Crippen LogP contribution in [-0.2, 0) is 16.2 Å². The minimum atomic E-state index is -0.756. The average molecular weight is 581 g/mol. The molecular formula is C37H28N2O5. The Bertz CT molecular complexity index is 2180. The molecule has 0 saturated heterocycles. The highest BCUT2D eigenvalue weighted by Crippen LogP contribution is 2.32. The zero-order valence-corrected chi connectivity index (χ0v) is 24.5. The number of Topliss-reactive ketones (excluding diaryl/α,β-unsaturated/α-hetero) is 2. The summed E-state index contributed by atoms with van der Waals surface area (Å²) in [5, 5.41) is 6.76. The van der Waals surface area contributed by atoms with Crippen LogP contribution < -0.4 is 0 Å². The molecule has 44 heavy (non-hydrogen) atoms. The maximum Gasteiger partial charge on any atom is 0.332 e. The van der Waals surface area contributed by atoms with Gasteiger partial charge in [-0.2, -0.15) is 0 Å². The number of carbonyl (C=O) groups excluding carboxylic acids is 4. The Hall–Kier alpha value is -5.69. The molecule has 0 saturated carbocycles. The molecule has 5 aromatic carbocycles. The van der Waals surface area contributed by atoms with Gasteiger partial charge in [-0.3, -0.25) is 14.4 Å². The predicted molar refractivity (Wildman–Crippen MR) is 172 cm³/mol. The molecule has 0 bridgehead atoms. The van der Waals surface area contributed by atoms with Crippen LogP contribution in [0.4, 0.5) is 0 Å². The van der Waals surface area contributed by atoms with Crippen LogP contribution in [0, 0.1) is 6.92 Å². The summed E-state index contributed by atoms with van der Waals surface area (Å²) in [5.74, 6) is -2.19. The Balaban J connectivity index is 1.48. The standard InChI is InChI=1S/C37H28N2O5/c1-4-39-32-18-16-25(35(41)27-13-7-5-10-22(27)2)20-30(32)31-21-26(17-19-33(31)39)36(42)34(38-44-23(3)40)37(43)29-15-9-12-24-11-6-8-14-28(24)29/h5-21H,4H2,1-3H3. The van der Waals surface area contributed by atoms with E-state index in [1.807, 2.05) is 80.6 Å². The number of carbonyl (C=O) groups is 4. The van der Waals surface area contributed by atoms with E-state index in [2.05, 4.69) is 9.72 Å². The highest BCUT2D eigenvalue weighted by molar-refractivity contribution is 6.72. The molecule has 216 valence electrons. The second kappa shape index (κ2) is 11.5. The summed E-state index contributed by atoms with van der Waals surface area (Å²) < 4.78 is 2.11. The van der Waals surface area contributed by atoms with Gasteiger partial charge in [0, 0.05) is 57.5 Å². The molecule has 0 fully saturated rings. The number of aryl methyl sites for hydroxylation is 2. The summed E-state index contributed by atoms with van der Waals surface area (Å²) in [6, 6.07) is 30.7. The molecule has 0 aliphatic carbocycles. The Morgan fingerprint density at radius 1 is 0.682 bits per heavy atom. The summed E-state index contributed by atoms with van der Waals surface area (Å²) in [7, 11) is 0. The van der Waals surface area contributed by atoms with Gasteiger partial charge in [0.25, 0.3) is 0 Å². The Morgan fingerprint density at radius 2 is 1.30 bits per heavy atom. The first-order chi connectivity index (χ1) is 21.3. The highest BCUT2D eigenvalue weighted by Gasteiger charge is 2.27. The van der Waals surface area contributed by atoms with Crippen LogP contribution in [-0.4, -0.2) is 33.6 Å². The maximum absolute atomic E-state index is 14.0. The van der Waals surface area contributed by atoms with Crippen molar-refractivity contribution in [3.05, 3.63) is 131 Å². The van der Waals surface area contributed by atoms with Crippen LogP contribution in [0.25, 0.3) is 32.6 Å². The van der Waals surface area contributed by atoms with Crippen molar-refractivity contribution in [2.75, 3.05) is 0 Å². The Labute approximate surface area is 253 Å². The van der Waals surface area contributed by atoms with Gasteiger partial charge in [0.05, 0.1) is 0 Å². The van der Waals surface area contributed by atoms with Crippen LogP contribution in [0.3, 0.4) is 0 Å². The molecule has 0 aliphatic rings. The monoisotopic (exact) mass is 580 g/mol. The number of hydrogen-bond acceptors (Lipinski definition) is 6. The van der Waals surface area contributed by atoms with Crippen molar-refractivity contribution >= 4 is 61.6 Å². The van der Waals surface area contributed by atoms with Crippen molar-refractivity contribution < 1.29 is 24.0 Å². The zero-order chi connectivity index (χ0) is 31.0. The van der Waals surface area contributed by atoms with Gasteiger partial charge >= 0.3 is 5.97 Å². The fourth-order valence-corrected chi connectivity index (χ4v) is 5.69. The van der Waals surface area contributed by atoms with Crippen LogP contribution in [0.2, 0.25) is 0 Å². The van der Waals surface area contributed by atoms with Gasteiger partial charge < -0.3 is 9.40 Å². The predicted octanol–water partition coefficient (Wildman–Crippen LogP) is 7.49. The second-order valence-corrected chi connectivity index (χ2v) is 10.6. The lowest BCUT2D eigenvalue weighted by atomic mass is 9.94. The normalized spacial score (nSPS) is 11.7. The van der Waals surface area contributed by atoms with Gasteiger partial charge in [-0.25, -0.2) is 4.79 Å². The van der Waals surface area contributed by atoms with Crippen molar-refractivity contribution in [1.82, 2.24) is 4.57 Å². The molecule has 0 aliphatic heterocycles. The summed E-state index contributed by atoms with van der Waals surface area (Å²) in [6.07, 6.45) is 0. The second-order valence-electron chi connectivity index (χ2n) is 10.6. The molecule has 0 atom stereocenters. The number of fused-ring (bicyclic) bond motifs is 4. The molecule has 6 aromatic rings.